The van der Waals surface area contributed by atoms with Crippen LogP contribution in [0.1, 0.15) is 5.69 Å². The molecule has 0 saturated carbocycles. The molecule has 0 aliphatic carbocycles. The topological polar surface area (TPSA) is 62.8 Å². The summed E-state index contributed by atoms with van der Waals surface area (Å²) in [6.07, 6.45) is -3.57. The van der Waals surface area contributed by atoms with Crippen molar-refractivity contribution in [1.29, 1.82) is 0 Å². The zero-order chi connectivity index (χ0) is 23.1. The van der Waals surface area contributed by atoms with Crippen molar-refractivity contribution in [2.45, 2.75) is 11.1 Å². The summed E-state index contributed by atoms with van der Waals surface area (Å²) in [5.74, 6) is -0.557. The van der Waals surface area contributed by atoms with E-state index in [1.807, 2.05) is 0 Å². The third-order valence-corrected chi connectivity index (χ3v) is 6.09. The standard InChI is InChI=1S/C23H16F4N2O2S/c1-32(30,31)19-12-8-15(9-13-19)14-2-4-17(5-3-14)21-20(16-6-10-18(24)11-7-16)22(29-28-21)23(25,26)27/h2-13H,1H3,(H,28,29). The van der Waals surface area contributed by atoms with Gasteiger partial charge in [-0.05, 0) is 41.0 Å². The van der Waals surface area contributed by atoms with E-state index in [-0.39, 0.29) is 21.7 Å². The van der Waals surface area contributed by atoms with Crippen LogP contribution in [0, 0.1) is 5.82 Å². The molecular weight excluding hydrogens is 444 g/mol. The second kappa shape index (κ2) is 7.90. The maximum absolute atomic E-state index is 13.5. The van der Waals surface area contributed by atoms with Crippen molar-refractivity contribution in [3.05, 3.63) is 84.3 Å². The highest BCUT2D eigenvalue weighted by Crippen LogP contribution is 2.41. The third-order valence-electron chi connectivity index (χ3n) is 4.96. The summed E-state index contributed by atoms with van der Waals surface area (Å²) < 4.78 is 77.2. The molecule has 0 atom stereocenters. The summed E-state index contributed by atoms with van der Waals surface area (Å²) in [6, 6.07) is 17.8. The molecule has 1 aromatic heterocycles. The van der Waals surface area contributed by atoms with Gasteiger partial charge in [-0.1, -0.05) is 48.5 Å². The fourth-order valence-corrected chi connectivity index (χ4v) is 4.01. The molecule has 1 heterocycles. The molecule has 0 fully saturated rings. The Balaban J connectivity index is 1.75. The molecule has 4 aromatic rings. The van der Waals surface area contributed by atoms with Gasteiger partial charge in [0.1, 0.15) is 5.82 Å². The number of nitrogens with zero attached hydrogens (tertiary/aromatic N) is 1. The quantitative estimate of drug-likeness (QED) is 0.382. The van der Waals surface area contributed by atoms with Gasteiger partial charge in [-0.2, -0.15) is 18.3 Å². The van der Waals surface area contributed by atoms with Crippen molar-refractivity contribution < 1.29 is 26.0 Å². The van der Waals surface area contributed by atoms with Gasteiger partial charge in [-0.15, -0.1) is 0 Å². The van der Waals surface area contributed by atoms with Gasteiger partial charge in [-0.25, -0.2) is 12.8 Å². The average molecular weight is 460 g/mol. The van der Waals surface area contributed by atoms with Crippen LogP contribution in [-0.4, -0.2) is 24.9 Å². The lowest BCUT2D eigenvalue weighted by molar-refractivity contribution is -0.140. The Morgan fingerprint density at radius 1 is 0.750 bits per heavy atom. The first-order valence-electron chi connectivity index (χ1n) is 9.36. The molecule has 4 nitrogen and oxygen atoms in total. The Bertz CT molecular complexity index is 1360. The number of rotatable bonds is 4. The second-order valence-electron chi connectivity index (χ2n) is 7.20. The van der Waals surface area contributed by atoms with Crippen LogP contribution < -0.4 is 0 Å². The first kappa shape index (κ1) is 21.8. The van der Waals surface area contributed by atoms with E-state index >= 15 is 0 Å². The Labute approximate surface area is 181 Å². The van der Waals surface area contributed by atoms with Gasteiger partial charge >= 0.3 is 6.18 Å². The third kappa shape index (κ3) is 4.29. The number of H-pyrrole nitrogens is 1. The predicted octanol–water partition coefficient (Wildman–Crippen LogP) is 5.97. The highest BCUT2D eigenvalue weighted by Gasteiger charge is 2.38. The number of aromatic nitrogens is 2. The number of alkyl halides is 3. The molecule has 0 radical (unpaired) electrons. The van der Waals surface area contributed by atoms with E-state index in [0.717, 1.165) is 29.5 Å². The summed E-state index contributed by atoms with van der Waals surface area (Å²) in [5.41, 5.74) is 1.06. The number of aromatic amines is 1. The molecule has 3 aromatic carbocycles. The van der Waals surface area contributed by atoms with Crippen molar-refractivity contribution in [2.24, 2.45) is 0 Å². The minimum Gasteiger partial charge on any atom is -0.277 e. The Kier molecular flexibility index (Phi) is 5.37. The molecule has 4 rings (SSSR count). The summed E-state index contributed by atoms with van der Waals surface area (Å²) in [7, 11) is -3.31. The molecule has 164 valence electrons. The van der Waals surface area contributed by atoms with Crippen molar-refractivity contribution in [3.63, 3.8) is 0 Å². The van der Waals surface area contributed by atoms with Gasteiger partial charge in [0.25, 0.3) is 0 Å². The maximum Gasteiger partial charge on any atom is 0.435 e. The highest BCUT2D eigenvalue weighted by atomic mass is 32.2. The van der Waals surface area contributed by atoms with E-state index < -0.39 is 27.5 Å². The van der Waals surface area contributed by atoms with Gasteiger partial charge in [0, 0.05) is 17.4 Å². The van der Waals surface area contributed by atoms with E-state index in [1.165, 1.54) is 24.3 Å². The van der Waals surface area contributed by atoms with Gasteiger partial charge in [0.15, 0.2) is 15.5 Å². The Morgan fingerprint density at radius 3 is 1.72 bits per heavy atom. The molecular formula is C23H16F4N2O2S. The largest absolute Gasteiger partial charge is 0.435 e. The minimum atomic E-state index is -4.69. The predicted molar refractivity (Wildman–Crippen MR) is 113 cm³/mol. The van der Waals surface area contributed by atoms with Crippen molar-refractivity contribution in [2.75, 3.05) is 6.26 Å². The van der Waals surface area contributed by atoms with Crippen LogP contribution in [0.4, 0.5) is 17.6 Å². The lowest BCUT2D eigenvalue weighted by Crippen LogP contribution is -2.07. The smallest absolute Gasteiger partial charge is 0.277 e. The van der Waals surface area contributed by atoms with Crippen molar-refractivity contribution in [1.82, 2.24) is 10.2 Å². The summed E-state index contributed by atoms with van der Waals surface area (Å²) >= 11 is 0. The number of sulfone groups is 1. The fourth-order valence-electron chi connectivity index (χ4n) is 3.38. The van der Waals surface area contributed by atoms with Gasteiger partial charge in [0.05, 0.1) is 10.6 Å². The van der Waals surface area contributed by atoms with Crippen LogP contribution in [-0.2, 0) is 16.0 Å². The Hall–Kier alpha value is -3.46. The summed E-state index contributed by atoms with van der Waals surface area (Å²) in [5, 5.41) is 5.94. The molecule has 0 bridgehead atoms. The molecule has 0 saturated heterocycles. The lowest BCUT2D eigenvalue weighted by atomic mass is 9.97. The first-order chi connectivity index (χ1) is 15.0. The zero-order valence-corrected chi connectivity index (χ0v) is 17.4. The van der Waals surface area contributed by atoms with E-state index in [4.69, 9.17) is 0 Å². The minimum absolute atomic E-state index is 0.155. The van der Waals surface area contributed by atoms with Crippen LogP contribution in [0.25, 0.3) is 33.5 Å². The molecule has 0 unspecified atom stereocenters. The molecule has 0 amide bonds. The molecule has 0 aliphatic heterocycles. The van der Waals surface area contributed by atoms with Crippen LogP contribution in [0.2, 0.25) is 0 Å². The molecule has 9 heteroatoms. The highest BCUT2D eigenvalue weighted by molar-refractivity contribution is 7.90. The molecule has 1 N–H and O–H groups in total. The van der Waals surface area contributed by atoms with Gasteiger partial charge in [-0.3, -0.25) is 5.10 Å². The molecule has 32 heavy (non-hydrogen) atoms. The van der Waals surface area contributed by atoms with E-state index in [2.05, 4.69) is 10.2 Å². The fraction of sp³-hybridized carbons (Fsp3) is 0.0870. The van der Waals surface area contributed by atoms with E-state index in [1.54, 1.807) is 36.4 Å². The molecule has 0 spiro atoms. The average Bonchev–Trinajstić information content (AvgIpc) is 3.20. The van der Waals surface area contributed by atoms with Gasteiger partial charge in [0.2, 0.25) is 0 Å². The zero-order valence-electron chi connectivity index (χ0n) is 16.6. The lowest BCUT2D eigenvalue weighted by Gasteiger charge is -2.10. The van der Waals surface area contributed by atoms with Crippen LogP contribution in [0.5, 0.6) is 0 Å². The number of nitrogens with one attached hydrogen (secondary N) is 1. The monoisotopic (exact) mass is 460 g/mol. The number of benzene rings is 3. The number of hydrogen-bond donors (Lipinski definition) is 1. The van der Waals surface area contributed by atoms with Crippen LogP contribution in [0.3, 0.4) is 0 Å². The summed E-state index contributed by atoms with van der Waals surface area (Å²) in [6.45, 7) is 0. The van der Waals surface area contributed by atoms with Crippen molar-refractivity contribution >= 4 is 9.84 Å². The van der Waals surface area contributed by atoms with Crippen LogP contribution in [0.15, 0.2) is 77.7 Å². The number of hydrogen-bond acceptors (Lipinski definition) is 3. The van der Waals surface area contributed by atoms with E-state index in [0.29, 0.717) is 5.56 Å². The van der Waals surface area contributed by atoms with Gasteiger partial charge < -0.3 is 0 Å². The van der Waals surface area contributed by atoms with E-state index in [9.17, 15) is 26.0 Å². The normalized spacial score (nSPS) is 12.2. The maximum atomic E-state index is 13.5. The summed E-state index contributed by atoms with van der Waals surface area (Å²) in [4.78, 5) is 0.193. The van der Waals surface area contributed by atoms with Crippen LogP contribution >= 0.6 is 0 Å². The first-order valence-corrected chi connectivity index (χ1v) is 11.3. The number of halogens is 4. The SMILES string of the molecule is CS(=O)(=O)c1ccc(-c2ccc(-c3[nH]nc(C(F)(F)F)c3-c3ccc(F)cc3)cc2)cc1. The second-order valence-corrected chi connectivity index (χ2v) is 9.22. The molecule has 0 aliphatic rings. The Morgan fingerprint density at radius 2 is 1.22 bits per heavy atom. The van der Waals surface area contributed by atoms with Crippen molar-refractivity contribution in [3.8, 4) is 33.5 Å².